The van der Waals surface area contributed by atoms with E-state index in [1.807, 2.05) is 18.2 Å². The van der Waals surface area contributed by atoms with Crippen LogP contribution in [0.15, 0.2) is 30.4 Å². The topological polar surface area (TPSA) is 21.3 Å². The fourth-order valence-corrected chi connectivity index (χ4v) is 1.81. The Morgan fingerprint density at radius 2 is 2.00 bits per heavy atom. The second-order valence-electron chi connectivity index (χ2n) is 3.96. The van der Waals surface area contributed by atoms with Gasteiger partial charge in [0, 0.05) is 13.7 Å². The van der Waals surface area contributed by atoms with Crippen molar-refractivity contribution in [2.45, 2.75) is 12.8 Å². The highest BCUT2D eigenvalue weighted by Crippen LogP contribution is 2.22. The Kier molecular flexibility index (Phi) is 8.10. The normalized spacial score (nSPS) is 11.3. The molecule has 2 nitrogen and oxygen atoms in total. The Balaban J connectivity index is 2.17. The van der Waals surface area contributed by atoms with E-state index in [1.165, 1.54) is 5.56 Å². The zero-order valence-corrected chi connectivity index (χ0v) is 12.1. The number of hydrogen-bond donors (Lipinski definition) is 1. The highest BCUT2D eigenvalue weighted by molar-refractivity contribution is 6.42. The fourth-order valence-electron chi connectivity index (χ4n) is 1.49. The van der Waals surface area contributed by atoms with Crippen LogP contribution in [-0.4, -0.2) is 26.8 Å². The van der Waals surface area contributed by atoms with E-state index in [0.29, 0.717) is 10.0 Å². The Morgan fingerprint density at radius 1 is 1.17 bits per heavy atom. The van der Waals surface area contributed by atoms with Crippen molar-refractivity contribution in [3.05, 3.63) is 46.0 Å². The molecule has 0 fully saturated rings. The molecule has 1 aromatic carbocycles. The number of benzene rings is 1. The SMILES string of the molecule is COCCNCCC=CCc1ccc(Cl)c(Cl)c1. The molecule has 0 bridgehead atoms. The molecule has 100 valence electrons. The molecule has 0 amide bonds. The molecule has 1 rings (SSSR count). The van der Waals surface area contributed by atoms with Crippen molar-refractivity contribution >= 4 is 23.2 Å². The average Bonchev–Trinajstić information content (AvgIpc) is 2.37. The average molecular weight is 288 g/mol. The van der Waals surface area contributed by atoms with Crippen molar-refractivity contribution in [1.29, 1.82) is 0 Å². The van der Waals surface area contributed by atoms with Crippen LogP contribution in [0.3, 0.4) is 0 Å². The van der Waals surface area contributed by atoms with Gasteiger partial charge in [0.25, 0.3) is 0 Å². The minimum absolute atomic E-state index is 0.603. The predicted molar refractivity (Wildman–Crippen MR) is 78.7 cm³/mol. The molecule has 0 heterocycles. The number of nitrogens with one attached hydrogen (secondary N) is 1. The van der Waals surface area contributed by atoms with Gasteiger partial charge in [0.15, 0.2) is 0 Å². The summed E-state index contributed by atoms with van der Waals surface area (Å²) < 4.78 is 4.94. The number of halogens is 2. The van der Waals surface area contributed by atoms with Crippen LogP contribution in [0.25, 0.3) is 0 Å². The zero-order chi connectivity index (χ0) is 13.2. The van der Waals surface area contributed by atoms with Crippen molar-refractivity contribution in [1.82, 2.24) is 5.32 Å². The summed E-state index contributed by atoms with van der Waals surface area (Å²) in [4.78, 5) is 0. The van der Waals surface area contributed by atoms with E-state index in [-0.39, 0.29) is 0 Å². The van der Waals surface area contributed by atoms with Gasteiger partial charge in [-0.1, -0.05) is 41.4 Å². The molecule has 0 aliphatic rings. The molecule has 4 heteroatoms. The summed E-state index contributed by atoms with van der Waals surface area (Å²) >= 11 is 11.8. The maximum absolute atomic E-state index is 5.95. The van der Waals surface area contributed by atoms with Gasteiger partial charge in [-0.2, -0.15) is 0 Å². The van der Waals surface area contributed by atoms with Crippen molar-refractivity contribution in [3.63, 3.8) is 0 Å². The molecular weight excluding hydrogens is 269 g/mol. The van der Waals surface area contributed by atoms with Crippen molar-refractivity contribution in [2.75, 3.05) is 26.8 Å². The lowest BCUT2D eigenvalue weighted by atomic mass is 10.1. The Labute approximate surface area is 119 Å². The van der Waals surface area contributed by atoms with E-state index in [2.05, 4.69) is 17.5 Å². The lowest BCUT2D eigenvalue weighted by molar-refractivity contribution is 0.199. The van der Waals surface area contributed by atoms with E-state index in [1.54, 1.807) is 7.11 Å². The third kappa shape index (κ3) is 6.41. The highest BCUT2D eigenvalue weighted by Gasteiger charge is 1.97. The summed E-state index contributed by atoms with van der Waals surface area (Å²) in [7, 11) is 1.71. The molecule has 0 spiro atoms. The van der Waals surface area contributed by atoms with Crippen LogP contribution in [0.2, 0.25) is 10.0 Å². The van der Waals surface area contributed by atoms with Crippen LogP contribution in [-0.2, 0) is 11.2 Å². The molecule has 0 aromatic heterocycles. The van der Waals surface area contributed by atoms with Crippen molar-refractivity contribution in [2.24, 2.45) is 0 Å². The van der Waals surface area contributed by atoms with Gasteiger partial charge in [-0.15, -0.1) is 0 Å². The number of rotatable bonds is 8. The molecule has 0 aliphatic carbocycles. The maximum atomic E-state index is 5.95. The summed E-state index contributed by atoms with van der Waals surface area (Å²) in [5.74, 6) is 0. The zero-order valence-electron chi connectivity index (χ0n) is 10.6. The summed E-state index contributed by atoms with van der Waals surface area (Å²) in [6.07, 6.45) is 6.22. The minimum atomic E-state index is 0.603. The fraction of sp³-hybridized carbons (Fsp3) is 0.429. The van der Waals surface area contributed by atoms with Gasteiger partial charge in [0.2, 0.25) is 0 Å². The molecule has 0 saturated heterocycles. The van der Waals surface area contributed by atoms with E-state index in [0.717, 1.165) is 32.5 Å². The predicted octanol–water partition coefficient (Wildman–Crippen LogP) is 3.72. The first-order valence-electron chi connectivity index (χ1n) is 6.02. The first-order chi connectivity index (χ1) is 8.74. The monoisotopic (exact) mass is 287 g/mol. The maximum Gasteiger partial charge on any atom is 0.0595 e. The van der Waals surface area contributed by atoms with Gasteiger partial charge in [-0.05, 0) is 37.1 Å². The van der Waals surface area contributed by atoms with Crippen molar-refractivity contribution in [3.8, 4) is 0 Å². The summed E-state index contributed by atoms with van der Waals surface area (Å²) in [5, 5.41) is 4.50. The van der Waals surface area contributed by atoms with Gasteiger partial charge in [0.1, 0.15) is 0 Å². The molecule has 0 atom stereocenters. The number of methoxy groups -OCH3 is 1. The van der Waals surface area contributed by atoms with E-state index >= 15 is 0 Å². The third-order valence-electron chi connectivity index (χ3n) is 2.47. The number of allylic oxidation sites excluding steroid dienone is 1. The summed E-state index contributed by atoms with van der Waals surface area (Å²) in [5.41, 5.74) is 1.17. The first kappa shape index (κ1) is 15.5. The van der Waals surface area contributed by atoms with Gasteiger partial charge in [-0.25, -0.2) is 0 Å². The highest BCUT2D eigenvalue weighted by atomic mass is 35.5. The first-order valence-corrected chi connectivity index (χ1v) is 6.78. The van der Waals surface area contributed by atoms with Crippen LogP contribution in [0.4, 0.5) is 0 Å². The van der Waals surface area contributed by atoms with Gasteiger partial charge in [0.05, 0.1) is 16.7 Å². The van der Waals surface area contributed by atoms with Gasteiger partial charge < -0.3 is 10.1 Å². The smallest absolute Gasteiger partial charge is 0.0595 e. The van der Waals surface area contributed by atoms with E-state index < -0.39 is 0 Å². The van der Waals surface area contributed by atoms with E-state index in [9.17, 15) is 0 Å². The van der Waals surface area contributed by atoms with Crippen LogP contribution in [0.5, 0.6) is 0 Å². The quantitative estimate of drug-likeness (QED) is 0.581. The van der Waals surface area contributed by atoms with Gasteiger partial charge >= 0.3 is 0 Å². The summed E-state index contributed by atoms with van der Waals surface area (Å²) in [6, 6.07) is 5.74. The second-order valence-corrected chi connectivity index (χ2v) is 4.77. The molecular formula is C14H19Cl2NO. The molecule has 0 aliphatic heterocycles. The van der Waals surface area contributed by atoms with Gasteiger partial charge in [-0.3, -0.25) is 0 Å². The van der Waals surface area contributed by atoms with Crippen molar-refractivity contribution < 1.29 is 4.74 Å². The molecule has 18 heavy (non-hydrogen) atoms. The Morgan fingerprint density at radius 3 is 2.72 bits per heavy atom. The molecule has 0 unspecified atom stereocenters. The molecule has 0 radical (unpaired) electrons. The Bertz CT molecular complexity index is 380. The lowest BCUT2D eigenvalue weighted by Gasteiger charge is -2.01. The van der Waals surface area contributed by atoms with Crippen LogP contribution in [0, 0.1) is 0 Å². The number of ether oxygens (including phenoxy) is 1. The minimum Gasteiger partial charge on any atom is -0.383 e. The Hall–Kier alpha value is -0.540. The molecule has 0 saturated carbocycles. The third-order valence-corrected chi connectivity index (χ3v) is 3.21. The number of hydrogen-bond acceptors (Lipinski definition) is 2. The molecule has 1 aromatic rings. The lowest BCUT2D eigenvalue weighted by Crippen LogP contribution is -2.19. The largest absolute Gasteiger partial charge is 0.383 e. The van der Waals surface area contributed by atoms with E-state index in [4.69, 9.17) is 27.9 Å². The second kappa shape index (κ2) is 9.40. The van der Waals surface area contributed by atoms with Crippen LogP contribution >= 0.6 is 23.2 Å². The molecule has 1 N–H and O–H groups in total. The summed E-state index contributed by atoms with van der Waals surface area (Å²) in [6.45, 7) is 2.63. The van der Waals surface area contributed by atoms with Crippen LogP contribution < -0.4 is 5.32 Å². The van der Waals surface area contributed by atoms with Crippen LogP contribution in [0.1, 0.15) is 12.0 Å². The standard InChI is InChI=1S/C14H19Cl2NO/c1-18-10-9-17-8-4-2-3-5-12-6-7-13(15)14(16)11-12/h2-3,6-7,11,17H,4-5,8-10H2,1H3.